The van der Waals surface area contributed by atoms with E-state index in [-0.39, 0.29) is 5.54 Å². The van der Waals surface area contributed by atoms with Crippen molar-refractivity contribution in [2.24, 2.45) is 11.1 Å². The maximum absolute atomic E-state index is 6.14. The molecule has 1 unspecified atom stereocenters. The van der Waals surface area contributed by atoms with Crippen molar-refractivity contribution in [2.45, 2.75) is 89.6 Å². The van der Waals surface area contributed by atoms with Gasteiger partial charge < -0.3 is 11.1 Å². The van der Waals surface area contributed by atoms with Crippen LogP contribution in [0.1, 0.15) is 78.1 Å². The number of nitrogens with two attached hydrogens (primary N) is 1. The standard InChI is InChI=1S/C16H32N2/c1-15(2)11-8-14(12-15)18-16(13-17)9-6-4-3-5-7-10-16/h14,18H,3-13,17H2,1-2H3. The van der Waals surface area contributed by atoms with Gasteiger partial charge in [-0.25, -0.2) is 0 Å². The maximum Gasteiger partial charge on any atom is 0.0306 e. The predicted octanol–water partition coefficient (Wildman–Crippen LogP) is 3.60. The number of hydrogen-bond donors (Lipinski definition) is 2. The molecule has 0 aromatic rings. The van der Waals surface area contributed by atoms with E-state index in [1.807, 2.05) is 0 Å². The fourth-order valence-corrected chi connectivity index (χ4v) is 3.98. The lowest BCUT2D eigenvalue weighted by Crippen LogP contribution is -2.55. The molecular formula is C16H32N2. The first kappa shape index (κ1) is 14.3. The van der Waals surface area contributed by atoms with Gasteiger partial charge in [0.15, 0.2) is 0 Å². The molecule has 3 N–H and O–H groups in total. The molecule has 2 nitrogen and oxygen atoms in total. The van der Waals surface area contributed by atoms with Crippen LogP contribution in [-0.4, -0.2) is 18.1 Å². The summed E-state index contributed by atoms with van der Waals surface area (Å²) in [6.07, 6.45) is 13.6. The molecule has 0 aliphatic heterocycles. The Hall–Kier alpha value is -0.0800. The second-order valence-corrected chi connectivity index (χ2v) is 7.50. The lowest BCUT2D eigenvalue weighted by Gasteiger charge is -2.38. The highest BCUT2D eigenvalue weighted by Gasteiger charge is 2.36. The van der Waals surface area contributed by atoms with Crippen molar-refractivity contribution in [1.82, 2.24) is 5.32 Å². The maximum atomic E-state index is 6.14. The van der Waals surface area contributed by atoms with Crippen molar-refractivity contribution in [3.63, 3.8) is 0 Å². The Kier molecular flexibility index (Phi) is 4.71. The molecule has 2 heteroatoms. The van der Waals surface area contributed by atoms with Crippen LogP contribution in [-0.2, 0) is 0 Å². The molecule has 0 radical (unpaired) electrons. The summed E-state index contributed by atoms with van der Waals surface area (Å²) in [7, 11) is 0. The van der Waals surface area contributed by atoms with Crippen molar-refractivity contribution in [3.05, 3.63) is 0 Å². The van der Waals surface area contributed by atoms with E-state index in [1.54, 1.807) is 0 Å². The van der Waals surface area contributed by atoms with Crippen LogP contribution in [0.3, 0.4) is 0 Å². The van der Waals surface area contributed by atoms with Crippen LogP contribution in [0.4, 0.5) is 0 Å². The molecule has 2 fully saturated rings. The van der Waals surface area contributed by atoms with Crippen LogP contribution in [0, 0.1) is 5.41 Å². The van der Waals surface area contributed by atoms with Crippen LogP contribution in [0.5, 0.6) is 0 Å². The van der Waals surface area contributed by atoms with Crippen molar-refractivity contribution in [2.75, 3.05) is 6.54 Å². The fourth-order valence-electron chi connectivity index (χ4n) is 3.98. The second kappa shape index (κ2) is 5.92. The Morgan fingerprint density at radius 3 is 2.11 bits per heavy atom. The van der Waals surface area contributed by atoms with Crippen LogP contribution in [0.15, 0.2) is 0 Å². The molecule has 0 heterocycles. The molecule has 0 saturated heterocycles. The highest BCUT2D eigenvalue weighted by atomic mass is 15.0. The highest BCUT2D eigenvalue weighted by Crippen LogP contribution is 2.38. The SMILES string of the molecule is CC1(C)CCC(NC2(CN)CCCCCCC2)C1. The highest BCUT2D eigenvalue weighted by molar-refractivity contribution is 4.96. The first-order chi connectivity index (χ1) is 8.55. The van der Waals surface area contributed by atoms with E-state index in [4.69, 9.17) is 5.73 Å². The van der Waals surface area contributed by atoms with Crippen LogP contribution in [0.2, 0.25) is 0 Å². The summed E-state index contributed by atoms with van der Waals surface area (Å²) < 4.78 is 0. The van der Waals surface area contributed by atoms with Gasteiger partial charge in [0, 0.05) is 18.1 Å². The second-order valence-electron chi connectivity index (χ2n) is 7.50. The normalized spacial score (nSPS) is 31.8. The smallest absolute Gasteiger partial charge is 0.0306 e. The van der Waals surface area contributed by atoms with Crippen LogP contribution < -0.4 is 11.1 Å². The minimum Gasteiger partial charge on any atom is -0.329 e. The summed E-state index contributed by atoms with van der Waals surface area (Å²) in [5, 5.41) is 3.98. The summed E-state index contributed by atoms with van der Waals surface area (Å²) in [6, 6.07) is 0.711. The third-order valence-corrected chi connectivity index (χ3v) is 5.18. The van der Waals surface area contributed by atoms with E-state index in [1.165, 1.54) is 64.2 Å². The number of rotatable bonds is 3. The molecule has 2 aliphatic rings. The lowest BCUT2D eigenvalue weighted by atomic mass is 9.83. The van der Waals surface area contributed by atoms with Crippen molar-refractivity contribution >= 4 is 0 Å². The minimum atomic E-state index is 0.255. The molecule has 18 heavy (non-hydrogen) atoms. The Bertz CT molecular complexity index is 252. The number of nitrogens with one attached hydrogen (secondary N) is 1. The van der Waals surface area contributed by atoms with E-state index < -0.39 is 0 Å². The van der Waals surface area contributed by atoms with E-state index >= 15 is 0 Å². The summed E-state index contributed by atoms with van der Waals surface area (Å²) >= 11 is 0. The topological polar surface area (TPSA) is 38.0 Å². The molecule has 2 rings (SSSR count). The van der Waals surface area contributed by atoms with E-state index in [9.17, 15) is 0 Å². The third kappa shape index (κ3) is 3.71. The average Bonchev–Trinajstić information content (AvgIpc) is 2.62. The zero-order valence-corrected chi connectivity index (χ0v) is 12.4. The van der Waals surface area contributed by atoms with Gasteiger partial charge in [0.05, 0.1) is 0 Å². The van der Waals surface area contributed by atoms with Crippen LogP contribution >= 0.6 is 0 Å². The monoisotopic (exact) mass is 252 g/mol. The molecule has 0 amide bonds. The summed E-state index contributed by atoms with van der Waals surface area (Å²) in [5.41, 5.74) is 6.93. The molecule has 0 spiro atoms. The molecule has 0 aromatic carbocycles. The molecule has 0 aromatic heterocycles. The van der Waals surface area contributed by atoms with Crippen molar-refractivity contribution < 1.29 is 0 Å². The van der Waals surface area contributed by atoms with Gasteiger partial charge in [-0.3, -0.25) is 0 Å². The van der Waals surface area contributed by atoms with Crippen molar-refractivity contribution in [3.8, 4) is 0 Å². The summed E-state index contributed by atoms with van der Waals surface area (Å²) in [5.74, 6) is 0. The third-order valence-electron chi connectivity index (χ3n) is 5.18. The Morgan fingerprint density at radius 1 is 1.00 bits per heavy atom. The van der Waals surface area contributed by atoms with E-state index in [0.29, 0.717) is 11.5 Å². The molecule has 2 saturated carbocycles. The zero-order chi connectivity index (χ0) is 13.1. The fraction of sp³-hybridized carbons (Fsp3) is 1.00. The van der Waals surface area contributed by atoms with Crippen LogP contribution in [0.25, 0.3) is 0 Å². The summed E-state index contributed by atoms with van der Waals surface area (Å²) in [6.45, 7) is 5.63. The Labute approximate surface area is 113 Å². The first-order valence-corrected chi connectivity index (χ1v) is 8.03. The van der Waals surface area contributed by atoms with Gasteiger partial charge >= 0.3 is 0 Å². The zero-order valence-electron chi connectivity index (χ0n) is 12.4. The Balaban J connectivity index is 1.94. The van der Waals surface area contributed by atoms with Gasteiger partial charge in [-0.2, -0.15) is 0 Å². The molecule has 2 aliphatic carbocycles. The van der Waals surface area contributed by atoms with E-state index in [0.717, 1.165) is 6.54 Å². The molecule has 0 bridgehead atoms. The minimum absolute atomic E-state index is 0.255. The largest absolute Gasteiger partial charge is 0.329 e. The van der Waals surface area contributed by atoms with Gasteiger partial charge in [-0.05, 0) is 37.5 Å². The van der Waals surface area contributed by atoms with Gasteiger partial charge in [-0.15, -0.1) is 0 Å². The van der Waals surface area contributed by atoms with Gasteiger partial charge in [0.2, 0.25) is 0 Å². The number of hydrogen-bond acceptors (Lipinski definition) is 2. The molecular weight excluding hydrogens is 220 g/mol. The molecule has 106 valence electrons. The average molecular weight is 252 g/mol. The quantitative estimate of drug-likeness (QED) is 0.805. The first-order valence-electron chi connectivity index (χ1n) is 8.03. The lowest BCUT2D eigenvalue weighted by molar-refractivity contribution is 0.223. The Morgan fingerprint density at radius 2 is 1.61 bits per heavy atom. The van der Waals surface area contributed by atoms with Gasteiger partial charge in [-0.1, -0.05) is 46.0 Å². The predicted molar refractivity (Wildman–Crippen MR) is 78.7 cm³/mol. The summed E-state index contributed by atoms with van der Waals surface area (Å²) in [4.78, 5) is 0. The van der Waals surface area contributed by atoms with E-state index in [2.05, 4.69) is 19.2 Å². The van der Waals surface area contributed by atoms with Gasteiger partial charge in [0.25, 0.3) is 0 Å². The van der Waals surface area contributed by atoms with Crippen molar-refractivity contribution in [1.29, 1.82) is 0 Å². The van der Waals surface area contributed by atoms with Gasteiger partial charge in [0.1, 0.15) is 0 Å². The molecule has 1 atom stereocenters.